The zero-order chi connectivity index (χ0) is 17.6. The van der Waals surface area contributed by atoms with Crippen molar-refractivity contribution in [3.05, 3.63) is 60.7 Å². The molecule has 0 aromatic heterocycles. The van der Waals surface area contributed by atoms with Gasteiger partial charge < -0.3 is 10.2 Å². The number of carbonyl (C=O) groups is 2. The van der Waals surface area contributed by atoms with Crippen molar-refractivity contribution in [1.82, 2.24) is 10.2 Å². The van der Waals surface area contributed by atoms with E-state index >= 15 is 0 Å². The molecule has 1 aliphatic heterocycles. The van der Waals surface area contributed by atoms with Crippen molar-refractivity contribution in [3.8, 4) is 0 Å². The van der Waals surface area contributed by atoms with Gasteiger partial charge in [-0.3, -0.25) is 9.69 Å². The van der Waals surface area contributed by atoms with Crippen molar-refractivity contribution in [3.63, 3.8) is 0 Å². The van der Waals surface area contributed by atoms with Gasteiger partial charge in [-0.1, -0.05) is 36.4 Å². The van der Waals surface area contributed by atoms with Crippen LogP contribution in [-0.4, -0.2) is 36.0 Å². The molecule has 130 valence electrons. The van der Waals surface area contributed by atoms with Gasteiger partial charge in [-0.25, -0.2) is 4.79 Å². The van der Waals surface area contributed by atoms with Crippen molar-refractivity contribution >= 4 is 23.3 Å². The third-order valence-electron chi connectivity index (χ3n) is 4.39. The Labute approximate surface area is 148 Å². The van der Waals surface area contributed by atoms with Crippen LogP contribution in [0.2, 0.25) is 0 Å². The molecule has 1 heterocycles. The molecule has 3 amide bonds. The molecule has 1 saturated heterocycles. The van der Waals surface area contributed by atoms with Gasteiger partial charge in [0.2, 0.25) is 5.91 Å². The number of amides is 3. The molecule has 25 heavy (non-hydrogen) atoms. The lowest BCUT2D eigenvalue weighted by molar-refractivity contribution is -0.119. The Morgan fingerprint density at radius 2 is 1.40 bits per heavy atom. The second-order valence-electron chi connectivity index (χ2n) is 6.25. The number of nitrogens with zero attached hydrogens (tertiary/aromatic N) is 2. The molecule has 5 heteroatoms. The van der Waals surface area contributed by atoms with E-state index in [0.29, 0.717) is 13.1 Å². The van der Waals surface area contributed by atoms with Crippen LogP contribution in [0.1, 0.15) is 19.8 Å². The largest absolute Gasteiger partial charge is 0.353 e. The first-order valence-electron chi connectivity index (χ1n) is 8.61. The van der Waals surface area contributed by atoms with Crippen LogP contribution in [0.4, 0.5) is 16.2 Å². The number of hydrogen-bond acceptors (Lipinski definition) is 2. The van der Waals surface area contributed by atoms with E-state index in [1.807, 2.05) is 65.6 Å². The van der Waals surface area contributed by atoms with Gasteiger partial charge in [-0.05, 0) is 37.1 Å². The summed E-state index contributed by atoms with van der Waals surface area (Å²) in [5.74, 6) is -0.0139. The monoisotopic (exact) mass is 337 g/mol. The van der Waals surface area contributed by atoms with E-state index in [-0.39, 0.29) is 18.0 Å². The van der Waals surface area contributed by atoms with E-state index in [1.165, 1.54) is 6.92 Å². The summed E-state index contributed by atoms with van der Waals surface area (Å²) in [6, 6.07) is 19.5. The summed E-state index contributed by atoms with van der Waals surface area (Å²) in [7, 11) is 0. The Morgan fingerprint density at radius 3 is 1.84 bits per heavy atom. The second-order valence-corrected chi connectivity index (χ2v) is 6.25. The van der Waals surface area contributed by atoms with E-state index in [1.54, 1.807) is 4.90 Å². The van der Waals surface area contributed by atoms with E-state index in [9.17, 15) is 9.59 Å². The molecule has 0 spiro atoms. The number of urea groups is 1. The van der Waals surface area contributed by atoms with Crippen LogP contribution in [0.15, 0.2) is 60.7 Å². The lowest BCUT2D eigenvalue weighted by atomic mass is 10.1. The van der Waals surface area contributed by atoms with Crippen LogP contribution in [0.5, 0.6) is 0 Å². The minimum atomic E-state index is -0.0290. The van der Waals surface area contributed by atoms with Gasteiger partial charge >= 0.3 is 6.03 Å². The summed E-state index contributed by atoms with van der Waals surface area (Å²) in [6.07, 6.45) is 1.56. The first-order chi connectivity index (χ1) is 12.1. The topological polar surface area (TPSA) is 52.7 Å². The second kappa shape index (κ2) is 7.83. The number of nitrogens with one attached hydrogen (secondary N) is 1. The summed E-state index contributed by atoms with van der Waals surface area (Å²) in [5.41, 5.74) is 1.70. The van der Waals surface area contributed by atoms with Crippen molar-refractivity contribution in [2.24, 2.45) is 0 Å². The minimum absolute atomic E-state index is 0.0139. The van der Waals surface area contributed by atoms with Gasteiger partial charge in [-0.2, -0.15) is 0 Å². The molecule has 0 aliphatic carbocycles. The summed E-state index contributed by atoms with van der Waals surface area (Å²) in [5, 5.41) is 2.94. The van der Waals surface area contributed by atoms with Gasteiger partial charge in [0.1, 0.15) is 0 Å². The van der Waals surface area contributed by atoms with E-state index in [4.69, 9.17) is 0 Å². The van der Waals surface area contributed by atoms with Crippen molar-refractivity contribution in [2.45, 2.75) is 25.8 Å². The highest BCUT2D eigenvalue weighted by molar-refractivity contribution is 5.99. The Kier molecular flexibility index (Phi) is 5.33. The van der Waals surface area contributed by atoms with Crippen LogP contribution in [0.3, 0.4) is 0 Å². The molecule has 0 unspecified atom stereocenters. The Bertz CT molecular complexity index is 671. The van der Waals surface area contributed by atoms with Crippen LogP contribution in [0, 0.1) is 0 Å². The van der Waals surface area contributed by atoms with Crippen LogP contribution >= 0.6 is 0 Å². The quantitative estimate of drug-likeness (QED) is 0.931. The number of anilines is 2. The Balaban J connectivity index is 1.78. The first kappa shape index (κ1) is 17.0. The maximum Gasteiger partial charge on any atom is 0.329 e. The molecule has 0 radical (unpaired) electrons. The van der Waals surface area contributed by atoms with Gasteiger partial charge in [0.15, 0.2) is 0 Å². The SMILES string of the molecule is CC(=O)NC1CCN(C(=O)N(c2ccccc2)c2ccccc2)CC1. The number of rotatable bonds is 3. The smallest absolute Gasteiger partial charge is 0.329 e. The van der Waals surface area contributed by atoms with Gasteiger partial charge in [0.05, 0.1) is 11.4 Å². The number of para-hydroxylation sites is 2. The lowest BCUT2D eigenvalue weighted by Crippen LogP contribution is -2.49. The number of likely N-dealkylation sites (tertiary alicyclic amines) is 1. The Morgan fingerprint density at radius 1 is 0.920 bits per heavy atom. The number of piperidine rings is 1. The van der Waals surface area contributed by atoms with Crippen LogP contribution < -0.4 is 10.2 Å². The normalized spacial score (nSPS) is 14.8. The van der Waals surface area contributed by atoms with E-state index in [2.05, 4.69) is 5.32 Å². The lowest BCUT2D eigenvalue weighted by Gasteiger charge is -2.36. The average molecular weight is 337 g/mol. The highest BCUT2D eigenvalue weighted by atomic mass is 16.2. The maximum absolute atomic E-state index is 13.2. The maximum atomic E-state index is 13.2. The van der Waals surface area contributed by atoms with Crippen molar-refractivity contribution < 1.29 is 9.59 Å². The fraction of sp³-hybridized carbons (Fsp3) is 0.300. The molecule has 3 rings (SSSR count). The third-order valence-corrected chi connectivity index (χ3v) is 4.39. The molecular weight excluding hydrogens is 314 g/mol. The molecule has 1 N–H and O–H groups in total. The zero-order valence-electron chi connectivity index (χ0n) is 14.4. The summed E-state index contributed by atoms with van der Waals surface area (Å²) in [4.78, 5) is 28.0. The fourth-order valence-corrected chi connectivity index (χ4v) is 3.17. The molecular formula is C20H23N3O2. The summed E-state index contributed by atoms with van der Waals surface area (Å²) in [6.45, 7) is 2.81. The van der Waals surface area contributed by atoms with Gasteiger partial charge in [0, 0.05) is 26.1 Å². The highest BCUT2D eigenvalue weighted by Crippen LogP contribution is 2.27. The summed E-state index contributed by atoms with van der Waals surface area (Å²) < 4.78 is 0. The molecule has 1 aliphatic rings. The number of hydrogen-bond donors (Lipinski definition) is 1. The fourth-order valence-electron chi connectivity index (χ4n) is 3.17. The number of benzene rings is 2. The highest BCUT2D eigenvalue weighted by Gasteiger charge is 2.28. The predicted octanol–water partition coefficient (Wildman–Crippen LogP) is 3.55. The standard InChI is InChI=1S/C20H23N3O2/c1-16(24)21-17-12-14-22(15-13-17)20(25)23(18-8-4-2-5-9-18)19-10-6-3-7-11-19/h2-11,17H,12-15H2,1H3,(H,21,24). The van der Waals surface area contributed by atoms with Crippen LogP contribution in [-0.2, 0) is 4.79 Å². The van der Waals surface area contributed by atoms with Crippen molar-refractivity contribution in [2.75, 3.05) is 18.0 Å². The van der Waals surface area contributed by atoms with Crippen LogP contribution in [0.25, 0.3) is 0 Å². The molecule has 1 fully saturated rings. The molecule has 2 aromatic rings. The van der Waals surface area contributed by atoms with Gasteiger partial charge in [0.25, 0.3) is 0 Å². The average Bonchev–Trinajstić information content (AvgIpc) is 2.64. The van der Waals surface area contributed by atoms with Crippen molar-refractivity contribution in [1.29, 1.82) is 0 Å². The zero-order valence-corrected chi connectivity index (χ0v) is 14.4. The molecule has 2 aromatic carbocycles. The molecule has 0 atom stereocenters. The number of carbonyl (C=O) groups excluding carboxylic acids is 2. The van der Waals surface area contributed by atoms with Gasteiger partial charge in [-0.15, -0.1) is 0 Å². The Hall–Kier alpha value is -2.82. The van der Waals surface area contributed by atoms with E-state index in [0.717, 1.165) is 24.2 Å². The molecule has 0 bridgehead atoms. The summed E-state index contributed by atoms with van der Waals surface area (Å²) >= 11 is 0. The molecule has 0 saturated carbocycles. The molecule has 5 nitrogen and oxygen atoms in total. The first-order valence-corrected chi connectivity index (χ1v) is 8.61. The minimum Gasteiger partial charge on any atom is -0.353 e. The third kappa shape index (κ3) is 4.18. The predicted molar refractivity (Wildman–Crippen MR) is 98.8 cm³/mol. The van der Waals surface area contributed by atoms with E-state index < -0.39 is 0 Å².